The monoisotopic (exact) mass is 342 g/mol. The normalized spacial score (nSPS) is 10.5. The third-order valence-corrected chi connectivity index (χ3v) is 3.59. The molecular formula is C18H16ClFN4. The van der Waals surface area contributed by atoms with Gasteiger partial charge in [0.25, 0.3) is 0 Å². The molecule has 6 heteroatoms. The van der Waals surface area contributed by atoms with Crippen LogP contribution in [-0.4, -0.2) is 9.97 Å². The van der Waals surface area contributed by atoms with E-state index in [1.165, 1.54) is 12.1 Å². The van der Waals surface area contributed by atoms with E-state index in [1.807, 2.05) is 25.1 Å². The molecule has 122 valence electrons. The molecule has 3 rings (SSSR count). The van der Waals surface area contributed by atoms with E-state index in [0.29, 0.717) is 23.3 Å². The lowest BCUT2D eigenvalue weighted by Gasteiger charge is -2.10. The van der Waals surface area contributed by atoms with Crippen molar-refractivity contribution in [2.24, 2.45) is 0 Å². The Morgan fingerprint density at radius 2 is 1.71 bits per heavy atom. The lowest BCUT2D eigenvalue weighted by Crippen LogP contribution is -2.05. The first-order valence-electron chi connectivity index (χ1n) is 7.45. The van der Waals surface area contributed by atoms with E-state index in [4.69, 9.17) is 11.6 Å². The van der Waals surface area contributed by atoms with Crippen molar-refractivity contribution in [2.45, 2.75) is 13.5 Å². The second-order valence-electron chi connectivity index (χ2n) is 5.33. The second-order valence-corrected chi connectivity index (χ2v) is 5.77. The minimum absolute atomic E-state index is 0.244. The summed E-state index contributed by atoms with van der Waals surface area (Å²) >= 11 is 5.88. The molecule has 0 aliphatic rings. The summed E-state index contributed by atoms with van der Waals surface area (Å²) < 4.78 is 12.9. The molecule has 2 N–H and O–H groups in total. The molecule has 3 aromatic rings. The SMILES string of the molecule is Cc1cc(NCc2ccc(F)cc2)nc(Nc2ccc(Cl)cc2)n1. The Balaban J connectivity index is 1.71. The number of anilines is 3. The fourth-order valence-electron chi connectivity index (χ4n) is 2.17. The highest BCUT2D eigenvalue weighted by atomic mass is 35.5. The molecule has 0 atom stereocenters. The molecule has 24 heavy (non-hydrogen) atoms. The van der Waals surface area contributed by atoms with Gasteiger partial charge < -0.3 is 10.6 Å². The largest absolute Gasteiger partial charge is 0.366 e. The van der Waals surface area contributed by atoms with Gasteiger partial charge in [-0.1, -0.05) is 23.7 Å². The van der Waals surface area contributed by atoms with E-state index in [9.17, 15) is 4.39 Å². The minimum atomic E-state index is -0.244. The lowest BCUT2D eigenvalue weighted by molar-refractivity contribution is 0.627. The summed E-state index contributed by atoms with van der Waals surface area (Å²) in [4.78, 5) is 8.82. The van der Waals surface area contributed by atoms with Gasteiger partial charge in [-0.15, -0.1) is 0 Å². The van der Waals surface area contributed by atoms with E-state index >= 15 is 0 Å². The fraction of sp³-hybridized carbons (Fsp3) is 0.111. The van der Waals surface area contributed by atoms with Gasteiger partial charge in [0, 0.05) is 29.0 Å². The highest BCUT2D eigenvalue weighted by Gasteiger charge is 2.03. The van der Waals surface area contributed by atoms with Gasteiger partial charge >= 0.3 is 0 Å². The average molecular weight is 343 g/mol. The summed E-state index contributed by atoms with van der Waals surface area (Å²) in [5, 5.41) is 7.04. The Morgan fingerprint density at radius 1 is 1.00 bits per heavy atom. The molecule has 0 aliphatic carbocycles. The summed E-state index contributed by atoms with van der Waals surface area (Å²) in [5.74, 6) is 0.952. The molecule has 0 bridgehead atoms. The molecule has 0 unspecified atom stereocenters. The van der Waals surface area contributed by atoms with Crippen LogP contribution in [0.5, 0.6) is 0 Å². The van der Waals surface area contributed by atoms with Crippen molar-refractivity contribution in [1.29, 1.82) is 0 Å². The number of nitrogens with zero attached hydrogens (tertiary/aromatic N) is 2. The molecule has 0 spiro atoms. The van der Waals surface area contributed by atoms with Gasteiger partial charge in [-0.3, -0.25) is 0 Å². The van der Waals surface area contributed by atoms with Crippen LogP contribution in [0.4, 0.5) is 21.8 Å². The molecule has 0 saturated heterocycles. The van der Waals surface area contributed by atoms with Gasteiger partial charge in [0.05, 0.1) is 0 Å². The summed E-state index contributed by atoms with van der Waals surface area (Å²) in [5.41, 5.74) is 2.66. The zero-order valence-electron chi connectivity index (χ0n) is 13.1. The lowest BCUT2D eigenvalue weighted by atomic mass is 10.2. The summed E-state index contributed by atoms with van der Waals surface area (Å²) in [6.45, 7) is 2.45. The Hall–Kier alpha value is -2.66. The van der Waals surface area contributed by atoms with Crippen molar-refractivity contribution >= 4 is 29.1 Å². The van der Waals surface area contributed by atoms with Crippen molar-refractivity contribution in [3.63, 3.8) is 0 Å². The first-order chi connectivity index (χ1) is 11.6. The number of rotatable bonds is 5. The number of hydrogen-bond donors (Lipinski definition) is 2. The maximum atomic E-state index is 12.9. The molecular weight excluding hydrogens is 327 g/mol. The van der Waals surface area contributed by atoms with Gasteiger partial charge in [0.2, 0.25) is 5.95 Å². The first-order valence-corrected chi connectivity index (χ1v) is 7.83. The molecule has 0 fully saturated rings. The van der Waals surface area contributed by atoms with Crippen LogP contribution in [0.1, 0.15) is 11.3 Å². The summed E-state index contributed by atoms with van der Waals surface area (Å²) in [7, 11) is 0. The topological polar surface area (TPSA) is 49.8 Å². The quantitative estimate of drug-likeness (QED) is 0.690. The Morgan fingerprint density at radius 3 is 2.42 bits per heavy atom. The van der Waals surface area contributed by atoms with Crippen molar-refractivity contribution in [3.05, 3.63) is 76.7 Å². The van der Waals surface area contributed by atoms with Crippen LogP contribution in [0, 0.1) is 12.7 Å². The van der Waals surface area contributed by atoms with Gasteiger partial charge in [-0.2, -0.15) is 4.98 Å². The standard InChI is InChI=1S/C18H16ClFN4/c1-12-10-17(21-11-13-2-6-15(20)7-3-13)24-18(22-12)23-16-8-4-14(19)5-9-16/h2-10H,11H2,1H3,(H2,21,22,23,24). The van der Waals surface area contributed by atoms with Crippen LogP contribution in [0.15, 0.2) is 54.6 Å². The first kappa shape index (κ1) is 16.2. The van der Waals surface area contributed by atoms with E-state index in [2.05, 4.69) is 20.6 Å². The van der Waals surface area contributed by atoms with Crippen molar-refractivity contribution < 1.29 is 4.39 Å². The van der Waals surface area contributed by atoms with Crippen LogP contribution < -0.4 is 10.6 Å². The maximum absolute atomic E-state index is 12.9. The van der Waals surface area contributed by atoms with Gasteiger partial charge in [0.15, 0.2) is 0 Å². The molecule has 0 amide bonds. The number of aryl methyl sites for hydroxylation is 1. The van der Waals surface area contributed by atoms with E-state index in [-0.39, 0.29) is 5.82 Å². The number of hydrogen-bond acceptors (Lipinski definition) is 4. The molecule has 0 aliphatic heterocycles. The van der Waals surface area contributed by atoms with E-state index in [1.54, 1.807) is 24.3 Å². The zero-order valence-corrected chi connectivity index (χ0v) is 13.8. The highest BCUT2D eigenvalue weighted by Crippen LogP contribution is 2.18. The predicted molar refractivity (Wildman–Crippen MR) is 95.2 cm³/mol. The van der Waals surface area contributed by atoms with Crippen LogP contribution in [0.3, 0.4) is 0 Å². The maximum Gasteiger partial charge on any atom is 0.229 e. The molecule has 1 heterocycles. The number of aromatic nitrogens is 2. The van der Waals surface area contributed by atoms with E-state index in [0.717, 1.165) is 16.9 Å². The predicted octanol–water partition coefficient (Wildman–Crippen LogP) is 4.93. The van der Waals surface area contributed by atoms with Gasteiger partial charge in [-0.25, -0.2) is 9.37 Å². The van der Waals surface area contributed by atoms with E-state index < -0.39 is 0 Å². The number of benzene rings is 2. The van der Waals surface area contributed by atoms with Crippen LogP contribution >= 0.6 is 11.6 Å². The Kier molecular flexibility index (Phi) is 4.91. The van der Waals surface area contributed by atoms with Crippen molar-refractivity contribution in [1.82, 2.24) is 9.97 Å². The molecule has 2 aromatic carbocycles. The highest BCUT2D eigenvalue weighted by molar-refractivity contribution is 6.30. The van der Waals surface area contributed by atoms with Crippen LogP contribution in [-0.2, 0) is 6.54 Å². The molecule has 4 nitrogen and oxygen atoms in total. The van der Waals surface area contributed by atoms with Gasteiger partial charge in [0.1, 0.15) is 11.6 Å². The smallest absolute Gasteiger partial charge is 0.229 e. The number of nitrogens with one attached hydrogen (secondary N) is 2. The third kappa shape index (κ3) is 4.43. The second kappa shape index (κ2) is 7.27. The Bertz CT molecular complexity index is 819. The fourth-order valence-corrected chi connectivity index (χ4v) is 2.30. The molecule has 0 radical (unpaired) electrons. The van der Waals surface area contributed by atoms with Crippen molar-refractivity contribution in [2.75, 3.05) is 10.6 Å². The summed E-state index contributed by atoms with van der Waals surface area (Å²) in [6.07, 6.45) is 0. The van der Waals surface area contributed by atoms with Crippen LogP contribution in [0.2, 0.25) is 5.02 Å². The molecule has 0 saturated carbocycles. The van der Waals surface area contributed by atoms with Gasteiger partial charge in [-0.05, 0) is 48.9 Å². The summed E-state index contributed by atoms with van der Waals surface area (Å²) in [6, 6.07) is 15.5. The number of halogens is 2. The Labute approximate surface area is 144 Å². The molecule has 1 aromatic heterocycles. The third-order valence-electron chi connectivity index (χ3n) is 3.34. The van der Waals surface area contributed by atoms with Crippen LogP contribution in [0.25, 0.3) is 0 Å². The average Bonchev–Trinajstić information content (AvgIpc) is 2.56. The van der Waals surface area contributed by atoms with Crippen molar-refractivity contribution in [3.8, 4) is 0 Å². The minimum Gasteiger partial charge on any atom is -0.366 e. The zero-order chi connectivity index (χ0) is 16.9.